The molecule has 0 heterocycles. The Bertz CT molecular complexity index is 289. The van der Waals surface area contributed by atoms with Gasteiger partial charge < -0.3 is 10.8 Å². The fourth-order valence-electron chi connectivity index (χ4n) is 1.14. The largest absolute Gasteiger partial charge is 0.396 e. The molecule has 1 atom stereocenters. The van der Waals surface area contributed by atoms with Crippen molar-refractivity contribution in [3.05, 3.63) is 34.6 Å². The molecule has 0 radical (unpaired) electrons. The zero-order valence-corrected chi connectivity index (χ0v) is 7.76. The van der Waals surface area contributed by atoms with Crippen molar-refractivity contribution in [2.75, 3.05) is 13.2 Å². The summed E-state index contributed by atoms with van der Waals surface area (Å²) in [6.45, 7) is 0.0293. The van der Waals surface area contributed by atoms with Gasteiger partial charge in [-0.05, 0) is 11.6 Å². The van der Waals surface area contributed by atoms with E-state index in [1.54, 1.807) is 12.1 Å². The first-order chi connectivity index (χ1) is 6.20. The first-order valence-corrected chi connectivity index (χ1v) is 4.33. The number of halogens is 2. The highest BCUT2D eigenvalue weighted by Crippen LogP contribution is 2.23. The lowest BCUT2D eigenvalue weighted by Gasteiger charge is -2.12. The third-order valence-corrected chi connectivity index (χ3v) is 2.22. The second-order valence-electron chi connectivity index (χ2n) is 2.76. The van der Waals surface area contributed by atoms with Crippen LogP contribution in [0, 0.1) is 5.82 Å². The lowest BCUT2D eigenvalue weighted by atomic mass is 10.00. The Morgan fingerprint density at radius 1 is 1.54 bits per heavy atom. The van der Waals surface area contributed by atoms with Gasteiger partial charge in [0.05, 0.1) is 11.6 Å². The van der Waals surface area contributed by atoms with Gasteiger partial charge in [0.25, 0.3) is 0 Å². The lowest BCUT2D eigenvalue weighted by Crippen LogP contribution is -2.17. The van der Waals surface area contributed by atoms with Gasteiger partial charge in [0.1, 0.15) is 5.82 Å². The van der Waals surface area contributed by atoms with E-state index in [9.17, 15) is 4.39 Å². The van der Waals surface area contributed by atoms with E-state index in [-0.39, 0.29) is 24.1 Å². The molecular formula is C9H11ClFNO. The van der Waals surface area contributed by atoms with Crippen LogP contribution in [-0.2, 0) is 0 Å². The maximum atomic E-state index is 13.3. The van der Waals surface area contributed by atoms with Crippen LogP contribution >= 0.6 is 11.6 Å². The first-order valence-electron chi connectivity index (χ1n) is 3.95. The number of aliphatic hydroxyl groups is 1. The van der Waals surface area contributed by atoms with Gasteiger partial charge >= 0.3 is 0 Å². The van der Waals surface area contributed by atoms with E-state index in [1.807, 2.05) is 0 Å². The number of aliphatic hydroxyl groups excluding tert-OH is 1. The number of hydrogen-bond acceptors (Lipinski definition) is 2. The Kier molecular flexibility index (Phi) is 3.66. The Morgan fingerprint density at radius 2 is 2.23 bits per heavy atom. The number of benzene rings is 1. The van der Waals surface area contributed by atoms with Gasteiger partial charge in [0.2, 0.25) is 0 Å². The molecule has 2 nitrogen and oxygen atoms in total. The number of hydrogen-bond donors (Lipinski definition) is 2. The summed E-state index contributed by atoms with van der Waals surface area (Å²) in [6.07, 6.45) is 0. The van der Waals surface area contributed by atoms with E-state index in [2.05, 4.69) is 0 Å². The van der Waals surface area contributed by atoms with Crippen LogP contribution in [0.5, 0.6) is 0 Å². The van der Waals surface area contributed by atoms with Gasteiger partial charge in [-0.25, -0.2) is 4.39 Å². The van der Waals surface area contributed by atoms with Crippen molar-refractivity contribution in [1.82, 2.24) is 0 Å². The second-order valence-corrected chi connectivity index (χ2v) is 3.17. The summed E-state index contributed by atoms with van der Waals surface area (Å²) in [4.78, 5) is 0. The Labute approximate surface area is 81.1 Å². The Hall–Kier alpha value is -0.640. The van der Waals surface area contributed by atoms with Crippen LogP contribution in [0.1, 0.15) is 11.5 Å². The van der Waals surface area contributed by atoms with E-state index >= 15 is 0 Å². The van der Waals surface area contributed by atoms with Crippen molar-refractivity contribution >= 4 is 11.6 Å². The van der Waals surface area contributed by atoms with Crippen LogP contribution in [-0.4, -0.2) is 18.3 Å². The average Bonchev–Trinajstić information content (AvgIpc) is 2.14. The lowest BCUT2D eigenvalue weighted by molar-refractivity contribution is 0.265. The molecule has 0 amide bonds. The van der Waals surface area contributed by atoms with Crippen molar-refractivity contribution in [3.8, 4) is 0 Å². The van der Waals surface area contributed by atoms with Crippen LogP contribution in [0.4, 0.5) is 4.39 Å². The van der Waals surface area contributed by atoms with Gasteiger partial charge in [0, 0.05) is 12.5 Å². The van der Waals surface area contributed by atoms with Gasteiger partial charge in [0.15, 0.2) is 0 Å². The van der Waals surface area contributed by atoms with Crippen molar-refractivity contribution in [2.24, 2.45) is 5.73 Å². The smallest absolute Gasteiger partial charge is 0.145 e. The molecule has 0 aliphatic carbocycles. The summed E-state index contributed by atoms with van der Waals surface area (Å²) in [5.74, 6) is -0.868. The minimum absolute atomic E-state index is 0.0596. The number of rotatable bonds is 3. The van der Waals surface area contributed by atoms with Gasteiger partial charge in [-0.3, -0.25) is 0 Å². The predicted molar refractivity (Wildman–Crippen MR) is 50.3 cm³/mol. The van der Waals surface area contributed by atoms with Crippen LogP contribution in [0.25, 0.3) is 0 Å². The van der Waals surface area contributed by atoms with E-state index in [0.717, 1.165) is 0 Å². The summed E-state index contributed by atoms with van der Waals surface area (Å²) >= 11 is 5.57. The quantitative estimate of drug-likeness (QED) is 0.783. The van der Waals surface area contributed by atoms with Crippen molar-refractivity contribution in [3.63, 3.8) is 0 Å². The third-order valence-electron chi connectivity index (χ3n) is 1.93. The highest BCUT2D eigenvalue weighted by atomic mass is 35.5. The predicted octanol–water partition coefficient (Wildman–Crippen LogP) is 1.51. The molecule has 0 spiro atoms. The van der Waals surface area contributed by atoms with Gasteiger partial charge in [-0.1, -0.05) is 23.7 Å². The fourth-order valence-corrected chi connectivity index (χ4v) is 1.32. The summed E-state index contributed by atoms with van der Waals surface area (Å²) < 4.78 is 13.3. The van der Waals surface area contributed by atoms with E-state index in [1.165, 1.54) is 6.07 Å². The molecule has 0 aromatic heterocycles. The van der Waals surface area contributed by atoms with Crippen LogP contribution in [0.15, 0.2) is 18.2 Å². The molecule has 0 bridgehead atoms. The highest BCUT2D eigenvalue weighted by molar-refractivity contribution is 6.30. The third kappa shape index (κ3) is 2.18. The van der Waals surface area contributed by atoms with Crippen molar-refractivity contribution < 1.29 is 9.50 Å². The molecule has 0 aliphatic rings. The van der Waals surface area contributed by atoms with Crippen molar-refractivity contribution in [1.29, 1.82) is 0 Å². The molecule has 4 heteroatoms. The molecule has 0 aliphatic heterocycles. The SMILES string of the molecule is NCC(CO)c1cccc(Cl)c1F. The summed E-state index contributed by atoms with van der Waals surface area (Å²) in [7, 11) is 0. The average molecular weight is 204 g/mol. The standard InChI is InChI=1S/C9H11ClFNO/c10-8-3-1-2-7(9(8)11)6(4-12)5-13/h1-3,6,13H,4-5,12H2. The van der Waals surface area contributed by atoms with E-state index < -0.39 is 5.82 Å². The molecule has 0 fully saturated rings. The second kappa shape index (κ2) is 4.56. The molecular weight excluding hydrogens is 193 g/mol. The molecule has 0 saturated heterocycles. The van der Waals surface area contributed by atoms with Crippen molar-refractivity contribution in [2.45, 2.75) is 5.92 Å². The van der Waals surface area contributed by atoms with Gasteiger partial charge in [-0.2, -0.15) is 0 Å². The summed E-state index contributed by atoms with van der Waals surface area (Å²) in [6, 6.07) is 4.68. The topological polar surface area (TPSA) is 46.2 Å². The number of nitrogens with two attached hydrogens (primary N) is 1. The first kappa shape index (κ1) is 10.4. The maximum absolute atomic E-state index is 13.3. The molecule has 1 aromatic rings. The Balaban J connectivity index is 3.05. The zero-order valence-electron chi connectivity index (χ0n) is 7.00. The molecule has 13 heavy (non-hydrogen) atoms. The molecule has 1 unspecified atom stereocenters. The molecule has 0 saturated carbocycles. The molecule has 72 valence electrons. The highest BCUT2D eigenvalue weighted by Gasteiger charge is 2.14. The van der Waals surface area contributed by atoms with Crippen LogP contribution < -0.4 is 5.73 Å². The van der Waals surface area contributed by atoms with Crippen LogP contribution in [0.3, 0.4) is 0 Å². The molecule has 1 aromatic carbocycles. The Morgan fingerprint density at radius 3 is 2.77 bits per heavy atom. The van der Waals surface area contributed by atoms with Gasteiger partial charge in [-0.15, -0.1) is 0 Å². The van der Waals surface area contributed by atoms with Crippen LogP contribution in [0.2, 0.25) is 5.02 Å². The molecule has 1 rings (SSSR count). The minimum atomic E-state index is -0.492. The summed E-state index contributed by atoms with van der Waals surface area (Å²) in [5.41, 5.74) is 5.74. The monoisotopic (exact) mass is 203 g/mol. The fraction of sp³-hybridized carbons (Fsp3) is 0.333. The normalized spacial score (nSPS) is 12.9. The maximum Gasteiger partial charge on any atom is 0.145 e. The van der Waals surface area contributed by atoms with E-state index in [0.29, 0.717) is 5.56 Å². The van der Waals surface area contributed by atoms with E-state index in [4.69, 9.17) is 22.4 Å². The minimum Gasteiger partial charge on any atom is -0.396 e. The summed E-state index contributed by atoms with van der Waals surface area (Å²) in [5, 5.41) is 8.96. The molecule has 3 N–H and O–H groups in total. The zero-order chi connectivity index (χ0) is 9.84.